The van der Waals surface area contributed by atoms with Gasteiger partial charge < -0.3 is 74.4 Å². The molecule has 1 heterocycles. The van der Waals surface area contributed by atoms with E-state index in [1.807, 2.05) is 32.0 Å². The summed E-state index contributed by atoms with van der Waals surface area (Å²) in [5, 5.41) is 31.0. The van der Waals surface area contributed by atoms with Crippen LogP contribution in [0.3, 0.4) is 0 Å². The maximum Gasteiger partial charge on any atom is 0.413 e. The number of amides is 7. The number of aliphatic hydroxyl groups is 2. The summed E-state index contributed by atoms with van der Waals surface area (Å²) >= 11 is 0. The van der Waals surface area contributed by atoms with E-state index >= 15 is 0 Å². The van der Waals surface area contributed by atoms with Crippen molar-refractivity contribution in [1.82, 2.24) is 36.0 Å². The van der Waals surface area contributed by atoms with Crippen LogP contribution in [-0.2, 0) is 61.9 Å². The van der Waals surface area contributed by atoms with Crippen LogP contribution in [-0.4, -0.2) is 201 Å². The van der Waals surface area contributed by atoms with E-state index in [-0.39, 0.29) is 50.3 Å². The molecule has 0 aromatic heterocycles. The maximum atomic E-state index is 14.8. The van der Waals surface area contributed by atoms with Gasteiger partial charge in [-0.05, 0) is 55.9 Å². The van der Waals surface area contributed by atoms with E-state index in [9.17, 15) is 48.6 Å². The number of nitrogens with zero attached hydrogens (tertiary/aromatic N) is 3. The van der Waals surface area contributed by atoms with Gasteiger partial charge in [-0.1, -0.05) is 113 Å². The summed E-state index contributed by atoms with van der Waals surface area (Å²) in [7, 11) is 7.33. The molecule has 1 aromatic carbocycles. The Morgan fingerprint density at radius 2 is 1.37 bits per heavy atom. The number of alkyl carbamates (subject to hydrolysis) is 1. The fourth-order valence-electron chi connectivity index (χ4n) is 10.0. The Morgan fingerprint density at radius 1 is 0.747 bits per heavy atom. The molecule has 1 aromatic rings. The van der Waals surface area contributed by atoms with E-state index in [4.69, 9.17) is 33.2 Å². The maximum absolute atomic E-state index is 14.8. The highest BCUT2D eigenvalue weighted by Gasteiger charge is 2.44. The molecule has 24 nitrogen and oxygen atoms in total. The van der Waals surface area contributed by atoms with Gasteiger partial charge in [-0.2, -0.15) is 0 Å². The van der Waals surface area contributed by atoms with E-state index < -0.39 is 139 Å². The van der Waals surface area contributed by atoms with Crippen molar-refractivity contribution in [3.05, 3.63) is 35.9 Å². The first-order chi connectivity index (χ1) is 39.0. The number of carbonyl (C=O) groups excluding carboxylic acids is 8. The van der Waals surface area contributed by atoms with Gasteiger partial charge in [-0.15, -0.1) is 0 Å². The normalized spacial score (nSPS) is 18.3. The Kier molecular flexibility index (Phi) is 32.1. The molecule has 83 heavy (non-hydrogen) atoms. The SMILES string of the molecule is CC[C@H](C)[C@@H]([C@@H](CC(=O)N1CCC[C@H]1[C@H](OC)[C@@H](C)C(=O)N[C@H](C)[C@@H](O)c1ccccc1)OC)N(C)C(=O)[C@@H](NC(=O)[C@H](C(C)C)N(C)C(=O)OC(OC(=O)[C@@H](NC(=O)CCNC(=O)OCC(OC)OC(C)CO)C(C)C)C(C)C)C(C)C. The van der Waals surface area contributed by atoms with E-state index in [1.165, 1.54) is 33.3 Å². The lowest BCUT2D eigenvalue weighted by Crippen LogP contribution is -2.60. The molecule has 0 radical (unpaired) electrons. The lowest BCUT2D eigenvalue weighted by molar-refractivity contribution is -0.181. The summed E-state index contributed by atoms with van der Waals surface area (Å²) < 4.78 is 39.0. The molecule has 0 spiro atoms. The molecular formula is C59H101N7O17. The molecule has 0 saturated carbocycles. The summed E-state index contributed by atoms with van der Waals surface area (Å²) in [5.41, 5.74) is 0.666. The molecule has 474 valence electrons. The van der Waals surface area contributed by atoms with E-state index in [0.29, 0.717) is 31.4 Å². The molecule has 3 unspecified atom stereocenters. The first-order valence-electron chi connectivity index (χ1n) is 29.1. The Balaban J connectivity index is 2.21. The molecular weight excluding hydrogens is 1080 g/mol. The standard InChI is InChI=1S/C59H101N7O17/c1-19-37(10)50(43(77-16)30-45(69)66-29-23-26-42(66)52(79-18)39(12)53(71)61-40(13)51(70)41-24-21-20-22-25-41)64(14)55(73)47(33(2)3)63-54(72)49(35(6)7)65(15)59(76)83-57(36(8)9)82-56(74)48(34(4)5)62-44(68)27-28-60-58(75)80-32-46(78-17)81-38(11)31-67/h20-22,24-25,33-40,42-43,46-52,57,67,70H,19,23,26-32H2,1-18H3,(H,60,75)(H,61,71)(H,62,68)(H,63,72)/t37-,38?,39+,40+,42-,43+,46?,47-,48-,49-,50-,51+,52+,57?/m0/s1. The lowest BCUT2D eigenvalue weighted by Gasteiger charge is -2.41. The smallest absolute Gasteiger partial charge is 0.413 e. The van der Waals surface area contributed by atoms with Crippen molar-refractivity contribution in [2.24, 2.45) is 35.5 Å². The summed E-state index contributed by atoms with van der Waals surface area (Å²) in [5.74, 6) is -6.07. The summed E-state index contributed by atoms with van der Waals surface area (Å²) in [4.78, 5) is 114. The number of hydrogen-bond donors (Lipinski definition) is 6. The first kappa shape index (κ1) is 73.4. The zero-order chi connectivity index (χ0) is 63.0. The van der Waals surface area contributed by atoms with Gasteiger partial charge in [0.2, 0.25) is 29.5 Å². The minimum atomic E-state index is -1.46. The third-order valence-electron chi connectivity index (χ3n) is 15.2. The molecule has 2 rings (SSSR count). The summed E-state index contributed by atoms with van der Waals surface area (Å²) in [6.07, 6.45) is -5.65. The number of methoxy groups -OCH3 is 3. The molecule has 14 atom stereocenters. The highest BCUT2D eigenvalue weighted by Crippen LogP contribution is 2.30. The molecule has 0 aliphatic carbocycles. The first-order valence-corrected chi connectivity index (χ1v) is 29.1. The van der Waals surface area contributed by atoms with Crippen LogP contribution < -0.4 is 21.3 Å². The van der Waals surface area contributed by atoms with Gasteiger partial charge in [0, 0.05) is 60.9 Å². The second kappa shape index (κ2) is 36.2. The number of carbonyl (C=O) groups is 8. The number of ether oxygens (including phenoxy) is 7. The highest BCUT2D eigenvalue weighted by atomic mass is 16.7. The quantitative estimate of drug-likeness (QED) is 0.0402. The molecule has 1 aliphatic rings. The van der Waals surface area contributed by atoms with Crippen LogP contribution in [0.2, 0.25) is 0 Å². The van der Waals surface area contributed by atoms with Gasteiger partial charge in [-0.3, -0.25) is 28.9 Å². The van der Waals surface area contributed by atoms with Crippen LogP contribution in [0.5, 0.6) is 0 Å². The van der Waals surface area contributed by atoms with Crippen LogP contribution in [0, 0.1) is 35.5 Å². The van der Waals surface area contributed by atoms with Gasteiger partial charge >= 0.3 is 18.2 Å². The van der Waals surface area contributed by atoms with Crippen molar-refractivity contribution in [1.29, 1.82) is 0 Å². The number of likely N-dealkylation sites (N-methyl/N-ethyl adjacent to an activating group) is 2. The summed E-state index contributed by atoms with van der Waals surface area (Å²) in [6.45, 7) is 22.4. The van der Waals surface area contributed by atoms with Crippen molar-refractivity contribution < 1.29 is 81.7 Å². The molecule has 1 saturated heterocycles. The van der Waals surface area contributed by atoms with Gasteiger partial charge in [0.25, 0.3) is 6.29 Å². The van der Waals surface area contributed by atoms with Crippen molar-refractivity contribution in [3.63, 3.8) is 0 Å². The Morgan fingerprint density at radius 3 is 1.90 bits per heavy atom. The molecule has 1 fully saturated rings. The molecule has 24 heteroatoms. The number of benzene rings is 1. The second-order valence-corrected chi connectivity index (χ2v) is 23.1. The van der Waals surface area contributed by atoms with E-state index in [1.54, 1.807) is 100 Å². The minimum Gasteiger partial charge on any atom is -0.444 e. The van der Waals surface area contributed by atoms with Crippen LogP contribution in [0.15, 0.2) is 30.3 Å². The number of hydrogen-bond acceptors (Lipinski definition) is 17. The van der Waals surface area contributed by atoms with Crippen LogP contribution in [0.4, 0.5) is 9.59 Å². The van der Waals surface area contributed by atoms with Crippen molar-refractivity contribution in [2.45, 2.75) is 195 Å². The molecule has 7 amide bonds. The molecule has 1 aliphatic heterocycles. The average molecular weight is 1180 g/mol. The fraction of sp³-hybridized carbons (Fsp3) is 0.763. The summed E-state index contributed by atoms with van der Waals surface area (Å²) in [6, 6.07) is 3.90. The predicted octanol–water partition coefficient (Wildman–Crippen LogP) is 4.53. The number of nitrogens with one attached hydrogen (secondary N) is 4. The Hall–Kier alpha value is -5.66. The van der Waals surface area contributed by atoms with Crippen LogP contribution in [0.25, 0.3) is 0 Å². The zero-order valence-corrected chi connectivity index (χ0v) is 52.5. The van der Waals surface area contributed by atoms with Gasteiger partial charge in [0.1, 0.15) is 24.7 Å². The number of rotatable bonds is 35. The zero-order valence-electron chi connectivity index (χ0n) is 52.5. The Bertz CT molecular complexity index is 2190. The molecule has 6 N–H and O–H groups in total. The van der Waals surface area contributed by atoms with Crippen molar-refractivity contribution in [2.75, 3.05) is 61.7 Å². The fourth-order valence-corrected chi connectivity index (χ4v) is 10.0. The average Bonchev–Trinajstić information content (AvgIpc) is 3.93. The van der Waals surface area contributed by atoms with Gasteiger partial charge in [0.15, 0.2) is 6.29 Å². The number of likely N-dealkylation sites (tertiary alicyclic amines) is 1. The lowest BCUT2D eigenvalue weighted by atomic mass is 9.89. The van der Waals surface area contributed by atoms with Crippen LogP contribution >= 0.6 is 0 Å². The van der Waals surface area contributed by atoms with Crippen molar-refractivity contribution in [3.8, 4) is 0 Å². The third kappa shape index (κ3) is 22.4. The highest BCUT2D eigenvalue weighted by molar-refractivity contribution is 5.92. The number of esters is 1. The number of aliphatic hydroxyl groups excluding tert-OH is 2. The van der Waals surface area contributed by atoms with Crippen LogP contribution in [0.1, 0.15) is 134 Å². The van der Waals surface area contributed by atoms with E-state index in [2.05, 4.69) is 21.3 Å². The second-order valence-electron chi connectivity index (χ2n) is 23.1. The topological polar surface area (TPSA) is 299 Å². The Labute approximate surface area is 492 Å². The third-order valence-corrected chi connectivity index (χ3v) is 15.2. The minimum absolute atomic E-state index is 0.101. The monoisotopic (exact) mass is 1180 g/mol. The van der Waals surface area contributed by atoms with E-state index in [0.717, 1.165) is 4.90 Å². The predicted molar refractivity (Wildman–Crippen MR) is 309 cm³/mol. The van der Waals surface area contributed by atoms with Gasteiger partial charge in [-0.25, -0.2) is 14.4 Å². The largest absolute Gasteiger partial charge is 0.444 e. The van der Waals surface area contributed by atoms with Crippen molar-refractivity contribution >= 4 is 47.7 Å². The van der Waals surface area contributed by atoms with Gasteiger partial charge in [0.05, 0.1) is 61.5 Å². The molecule has 0 bridgehead atoms.